The van der Waals surface area contributed by atoms with E-state index in [1.54, 1.807) is 0 Å². The highest BCUT2D eigenvalue weighted by molar-refractivity contribution is 7.99. The topological polar surface area (TPSA) is 49.3 Å². The number of amides is 1. The average molecular weight is 283 g/mol. The first-order chi connectivity index (χ1) is 9.10. The van der Waals surface area contributed by atoms with E-state index in [9.17, 15) is 9.18 Å². The predicted molar refractivity (Wildman–Crippen MR) is 75.1 cm³/mol. The molecule has 2 N–H and O–H groups in total. The fourth-order valence-electron chi connectivity index (χ4n) is 2.39. The average Bonchev–Trinajstić information content (AvgIpc) is 2.39. The maximum atomic E-state index is 13.5. The molecule has 1 aromatic rings. The Kier molecular flexibility index (Phi) is 4.69. The zero-order valence-corrected chi connectivity index (χ0v) is 11.7. The van der Waals surface area contributed by atoms with Crippen LogP contribution < -0.4 is 5.32 Å². The lowest BCUT2D eigenvalue weighted by molar-refractivity contribution is 0.0924. The molecule has 1 aliphatic rings. The third-order valence-electron chi connectivity index (χ3n) is 3.54. The Labute approximate surface area is 116 Å². The lowest BCUT2D eigenvalue weighted by atomic mass is 9.94. The molecule has 0 saturated heterocycles. The number of carbonyl (C=O) groups is 1. The summed E-state index contributed by atoms with van der Waals surface area (Å²) in [5.74, 6) is -1.25. The van der Waals surface area contributed by atoms with Gasteiger partial charge in [0.25, 0.3) is 5.91 Å². The summed E-state index contributed by atoms with van der Waals surface area (Å²) in [7, 11) is 0. The van der Waals surface area contributed by atoms with E-state index in [0.29, 0.717) is 5.25 Å². The molecule has 0 bridgehead atoms. The van der Waals surface area contributed by atoms with Crippen LogP contribution in [-0.2, 0) is 0 Å². The molecule has 19 heavy (non-hydrogen) atoms. The van der Waals surface area contributed by atoms with Crippen LogP contribution in [0.3, 0.4) is 0 Å². The summed E-state index contributed by atoms with van der Waals surface area (Å²) in [5, 5.41) is 12.7. The number of rotatable bonds is 3. The van der Waals surface area contributed by atoms with E-state index in [4.69, 9.17) is 5.11 Å². The first-order valence-corrected chi connectivity index (χ1v) is 7.71. The Hall–Kier alpha value is -1.23. The van der Waals surface area contributed by atoms with Crippen LogP contribution in [0.2, 0.25) is 0 Å². The van der Waals surface area contributed by atoms with Crippen molar-refractivity contribution in [3.05, 3.63) is 29.6 Å². The molecule has 1 fully saturated rings. The molecule has 0 aliphatic heterocycles. The smallest absolute Gasteiger partial charge is 0.254 e. The van der Waals surface area contributed by atoms with Crippen molar-refractivity contribution in [2.45, 2.75) is 37.0 Å². The van der Waals surface area contributed by atoms with E-state index >= 15 is 0 Å². The molecule has 0 spiro atoms. The summed E-state index contributed by atoms with van der Waals surface area (Å²) < 4.78 is 13.5. The molecule has 3 nitrogen and oxygen atoms in total. The molecule has 0 heterocycles. The SMILES string of the molecule is CSC1CCC(NC(=O)c2ccc(O)cc2F)CC1. The zero-order chi connectivity index (χ0) is 13.8. The first-order valence-electron chi connectivity index (χ1n) is 6.42. The van der Waals surface area contributed by atoms with Crippen molar-refractivity contribution in [3.63, 3.8) is 0 Å². The molecule has 1 aromatic carbocycles. The summed E-state index contributed by atoms with van der Waals surface area (Å²) in [6, 6.07) is 3.72. The van der Waals surface area contributed by atoms with Gasteiger partial charge in [-0.2, -0.15) is 11.8 Å². The number of thioether (sulfide) groups is 1. The van der Waals surface area contributed by atoms with Gasteiger partial charge in [-0.05, 0) is 44.1 Å². The minimum atomic E-state index is -0.685. The molecule has 5 heteroatoms. The van der Waals surface area contributed by atoms with E-state index in [-0.39, 0.29) is 17.4 Å². The monoisotopic (exact) mass is 283 g/mol. The van der Waals surface area contributed by atoms with E-state index in [1.165, 1.54) is 12.1 Å². The molecule has 2 rings (SSSR count). The molecular weight excluding hydrogens is 265 g/mol. The molecule has 0 unspecified atom stereocenters. The van der Waals surface area contributed by atoms with Gasteiger partial charge in [0, 0.05) is 17.4 Å². The minimum Gasteiger partial charge on any atom is -0.508 e. The number of aromatic hydroxyl groups is 1. The molecule has 1 aliphatic carbocycles. The normalized spacial score (nSPS) is 23.1. The lowest BCUT2D eigenvalue weighted by Crippen LogP contribution is -2.38. The van der Waals surface area contributed by atoms with Gasteiger partial charge in [0.15, 0.2) is 0 Å². The van der Waals surface area contributed by atoms with Crippen LogP contribution in [-0.4, -0.2) is 28.6 Å². The third kappa shape index (κ3) is 3.62. The van der Waals surface area contributed by atoms with Gasteiger partial charge >= 0.3 is 0 Å². The van der Waals surface area contributed by atoms with Crippen molar-refractivity contribution in [1.29, 1.82) is 0 Å². The van der Waals surface area contributed by atoms with Crippen LogP contribution in [0.4, 0.5) is 4.39 Å². The standard InChI is InChI=1S/C14H18FNO2S/c1-19-11-5-2-9(3-6-11)16-14(18)12-7-4-10(17)8-13(12)15/h4,7-9,11,17H,2-3,5-6H2,1H3,(H,16,18). The molecule has 0 atom stereocenters. The van der Waals surface area contributed by atoms with Crippen LogP contribution in [0.25, 0.3) is 0 Å². The van der Waals surface area contributed by atoms with Crippen LogP contribution in [0.5, 0.6) is 5.75 Å². The van der Waals surface area contributed by atoms with Gasteiger partial charge < -0.3 is 10.4 Å². The van der Waals surface area contributed by atoms with Crippen molar-refractivity contribution in [1.82, 2.24) is 5.32 Å². The fraction of sp³-hybridized carbons (Fsp3) is 0.500. The number of phenolic OH excluding ortho intramolecular Hbond substituents is 1. The number of nitrogens with one attached hydrogen (secondary N) is 1. The minimum absolute atomic E-state index is 0.00945. The van der Waals surface area contributed by atoms with Gasteiger partial charge in [0.05, 0.1) is 5.56 Å². The highest BCUT2D eigenvalue weighted by atomic mass is 32.2. The maximum Gasteiger partial charge on any atom is 0.254 e. The van der Waals surface area contributed by atoms with E-state index in [1.807, 2.05) is 11.8 Å². The molecule has 1 amide bonds. The van der Waals surface area contributed by atoms with Gasteiger partial charge in [-0.25, -0.2) is 4.39 Å². The fourth-order valence-corrected chi connectivity index (χ4v) is 3.14. The number of phenols is 1. The van der Waals surface area contributed by atoms with Gasteiger partial charge in [0.2, 0.25) is 0 Å². The van der Waals surface area contributed by atoms with Crippen LogP contribution in [0.1, 0.15) is 36.0 Å². The van der Waals surface area contributed by atoms with Crippen molar-refractivity contribution >= 4 is 17.7 Å². The second-order valence-corrected chi connectivity index (χ2v) is 5.99. The van der Waals surface area contributed by atoms with E-state index < -0.39 is 11.7 Å². The van der Waals surface area contributed by atoms with Crippen molar-refractivity contribution in [3.8, 4) is 5.75 Å². The Balaban J connectivity index is 1.94. The predicted octanol–water partition coefficient (Wildman–Crippen LogP) is 2.94. The Bertz CT molecular complexity index is 459. The van der Waals surface area contributed by atoms with E-state index in [2.05, 4.69) is 11.6 Å². The highest BCUT2D eigenvalue weighted by Crippen LogP contribution is 2.27. The maximum absolute atomic E-state index is 13.5. The molecule has 1 saturated carbocycles. The molecular formula is C14H18FNO2S. The van der Waals surface area contributed by atoms with Gasteiger partial charge in [-0.3, -0.25) is 4.79 Å². The van der Waals surface area contributed by atoms with Crippen LogP contribution in [0, 0.1) is 5.82 Å². The highest BCUT2D eigenvalue weighted by Gasteiger charge is 2.23. The summed E-state index contributed by atoms with van der Waals surface area (Å²) in [6.07, 6.45) is 6.16. The number of halogens is 1. The summed E-state index contributed by atoms with van der Waals surface area (Å²) in [6.45, 7) is 0. The number of hydrogen-bond donors (Lipinski definition) is 2. The largest absolute Gasteiger partial charge is 0.508 e. The second kappa shape index (κ2) is 6.28. The Morgan fingerprint density at radius 2 is 2.05 bits per heavy atom. The Morgan fingerprint density at radius 3 is 2.63 bits per heavy atom. The van der Waals surface area contributed by atoms with Crippen LogP contribution in [0.15, 0.2) is 18.2 Å². The quantitative estimate of drug-likeness (QED) is 0.896. The number of benzene rings is 1. The van der Waals surface area contributed by atoms with Crippen molar-refractivity contribution in [2.24, 2.45) is 0 Å². The summed E-state index contributed by atoms with van der Waals surface area (Å²) >= 11 is 1.87. The number of carbonyl (C=O) groups excluding carboxylic acids is 1. The van der Waals surface area contributed by atoms with Gasteiger partial charge in [0.1, 0.15) is 11.6 Å². The summed E-state index contributed by atoms with van der Waals surface area (Å²) in [4.78, 5) is 12.0. The lowest BCUT2D eigenvalue weighted by Gasteiger charge is -2.28. The van der Waals surface area contributed by atoms with Gasteiger partial charge in [-0.1, -0.05) is 0 Å². The summed E-state index contributed by atoms with van der Waals surface area (Å²) in [5.41, 5.74) is -0.00945. The molecule has 104 valence electrons. The second-order valence-electron chi connectivity index (χ2n) is 4.85. The Morgan fingerprint density at radius 1 is 1.37 bits per heavy atom. The van der Waals surface area contributed by atoms with Crippen LogP contribution >= 0.6 is 11.8 Å². The third-order valence-corrected chi connectivity index (χ3v) is 4.68. The zero-order valence-electron chi connectivity index (χ0n) is 10.9. The van der Waals surface area contributed by atoms with Gasteiger partial charge in [-0.15, -0.1) is 0 Å². The molecule has 0 radical (unpaired) electrons. The first kappa shape index (κ1) is 14.2. The number of hydrogen-bond acceptors (Lipinski definition) is 3. The van der Waals surface area contributed by atoms with E-state index in [0.717, 1.165) is 31.7 Å². The molecule has 0 aromatic heterocycles. The van der Waals surface area contributed by atoms with Crippen molar-refractivity contribution in [2.75, 3.05) is 6.26 Å². The van der Waals surface area contributed by atoms with Crippen molar-refractivity contribution < 1.29 is 14.3 Å².